The number of rotatable bonds is 4. The molecule has 1 atom stereocenters. The summed E-state index contributed by atoms with van der Waals surface area (Å²) in [6.45, 7) is 1.35. The molecule has 1 aromatic heterocycles. The van der Waals surface area contributed by atoms with E-state index in [0.29, 0.717) is 5.69 Å². The number of carbonyl (C=O) groups is 1. The van der Waals surface area contributed by atoms with Crippen molar-refractivity contribution < 1.29 is 14.6 Å². The van der Waals surface area contributed by atoms with Crippen LogP contribution >= 0.6 is 0 Å². The molecule has 1 aromatic rings. The van der Waals surface area contributed by atoms with Crippen LogP contribution in [0.25, 0.3) is 0 Å². The maximum atomic E-state index is 11.1. The van der Waals surface area contributed by atoms with Gasteiger partial charge in [0.25, 0.3) is 0 Å². The summed E-state index contributed by atoms with van der Waals surface area (Å²) < 4.78 is 5.09. The van der Waals surface area contributed by atoms with Crippen LogP contribution in [0.1, 0.15) is 44.7 Å². The van der Waals surface area contributed by atoms with Crippen molar-refractivity contribution in [3.63, 3.8) is 0 Å². The minimum absolute atomic E-state index is 0.00991. The molecule has 4 heteroatoms. The first-order valence-electron chi connectivity index (χ1n) is 6.90. The van der Waals surface area contributed by atoms with Crippen LogP contribution in [0, 0.1) is 5.92 Å². The number of carbonyl (C=O) groups excluding carboxylic acids is 1. The van der Waals surface area contributed by atoms with Crippen LogP contribution in [-0.2, 0) is 15.1 Å². The number of hydrogen-bond donors (Lipinski definition) is 1. The summed E-state index contributed by atoms with van der Waals surface area (Å²) in [5, 5.41) is 11.0. The summed E-state index contributed by atoms with van der Waals surface area (Å²) >= 11 is 0. The smallest absolute Gasteiger partial charge is 0.302 e. The highest BCUT2D eigenvalue weighted by atomic mass is 16.5. The molecule has 0 amide bonds. The number of pyridine rings is 1. The predicted molar refractivity (Wildman–Crippen MR) is 71.3 cm³/mol. The Labute approximate surface area is 113 Å². The van der Waals surface area contributed by atoms with Crippen LogP contribution in [0.15, 0.2) is 24.4 Å². The molecule has 4 nitrogen and oxygen atoms in total. The zero-order valence-electron chi connectivity index (χ0n) is 11.3. The highest BCUT2D eigenvalue weighted by molar-refractivity contribution is 5.66. The Balaban J connectivity index is 2.23. The summed E-state index contributed by atoms with van der Waals surface area (Å²) in [4.78, 5) is 15.3. The number of ether oxygens (including phenoxy) is 1. The van der Waals surface area contributed by atoms with Gasteiger partial charge in [-0.3, -0.25) is 9.78 Å². The van der Waals surface area contributed by atoms with Gasteiger partial charge >= 0.3 is 5.97 Å². The third-order valence-electron chi connectivity index (χ3n) is 3.88. The lowest BCUT2D eigenvalue weighted by molar-refractivity contribution is -0.156. The van der Waals surface area contributed by atoms with Gasteiger partial charge in [-0.05, 0) is 30.9 Å². The van der Waals surface area contributed by atoms with Gasteiger partial charge in [0.1, 0.15) is 12.2 Å². The molecule has 104 valence electrons. The fourth-order valence-corrected chi connectivity index (χ4v) is 2.81. The van der Waals surface area contributed by atoms with Crippen LogP contribution in [-0.4, -0.2) is 22.7 Å². The average Bonchev–Trinajstić information content (AvgIpc) is 2.46. The SMILES string of the molecule is CC(=O)OCC(O)(c1ccccn1)C1CCCCC1. The normalized spacial score (nSPS) is 19.7. The average molecular weight is 263 g/mol. The quantitative estimate of drug-likeness (QED) is 0.847. The number of esters is 1. The van der Waals surface area contributed by atoms with E-state index in [9.17, 15) is 9.90 Å². The first kappa shape index (κ1) is 14.0. The summed E-state index contributed by atoms with van der Waals surface area (Å²) in [5.41, 5.74) is -0.559. The molecule has 1 unspecified atom stereocenters. The van der Waals surface area contributed by atoms with E-state index in [1.54, 1.807) is 12.3 Å². The van der Waals surface area contributed by atoms with Crippen molar-refractivity contribution in [1.82, 2.24) is 4.98 Å². The molecule has 19 heavy (non-hydrogen) atoms. The van der Waals surface area contributed by atoms with Crippen molar-refractivity contribution in [1.29, 1.82) is 0 Å². The molecule has 0 aliphatic heterocycles. The number of nitrogens with zero attached hydrogens (tertiary/aromatic N) is 1. The summed E-state index contributed by atoms with van der Waals surface area (Å²) in [7, 11) is 0. The Morgan fingerprint density at radius 3 is 2.74 bits per heavy atom. The van der Waals surface area contributed by atoms with Gasteiger partial charge in [0, 0.05) is 13.1 Å². The van der Waals surface area contributed by atoms with E-state index in [-0.39, 0.29) is 18.5 Å². The van der Waals surface area contributed by atoms with Crippen LogP contribution in [0.2, 0.25) is 0 Å². The van der Waals surface area contributed by atoms with Crippen molar-refractivity contribution >= 4 is 5.97 Å². The minimum atomic E-state index is -1.16. The number of aromatic nitrogens is 1. The lowest BCUT2D eigenvalue weighted by Crippen LogP contribution is -2.42. The lowest BCUT2D eigenvalue weighted by atomic mass is 9.75. The van der Waals surface area contributed by atoms with Gasteiger partial charge in [-0.25, -0.2) is 0 Å². The molecule has 0 radical (unpaired) electrons. The van der Waals surface area contributed by atoms with E-state index < -0.39 is 5.60 Å². The summed E-state index contributed by atoms with van der Waals surface area (Å²) in [6, 6.07) is 5.47. The summed E-state index contributed by atoms with van der Waals surface area (Å²) in [5.74, 6) is -0.263. The molecule has 1 aliphatic rings. The van der Waals surface area contributed by atoms with E-state index in [4.69, 9.17) is 4.74 Å². The Kier molecular flexibility index (Phi) is 4.53. The molecule has 1 saturated carbocycles. The van der Waals surface area contributed by atoms with Gasteiger partial charge in [0.15, 0.2) is 0 Å². The van der Waals surface area contributed by atoms with E-state index in [0.717, 1.165) is 25.7 Å². The van der Waals surface area contributed by atoms with Gasteiger partial charge in [-0.2, -0.15) is 0 Å². The largest absolute Gasteiger partial charge is 0.462 e. The highest BCUT2D eigenvalue weighted by Crippen LogP contribution is 2.38. The second-order valence-corrected chi connectivity index (χ2v) is 5.25. The molecule has 0 bridgehead atoms. The van der Waals surface area contributed by atoms with Gasteiger partial charge in [0.05, 0.1) is 5.69 Å². The fourth-order valence-electron chi connectivity index (χ4n) is 2.81. The Morgan fingerprint density at radius 2 is 2.16 bits per heavy atom. The van der Waals surface area contributed by atoms with Crippen LogP contribution in [0.3, 0.4) is 0 Å². The second kappa shape index (κ2) is 6.15. The monoisotopic (exact) mass is 263 g/mol. The Morgan fingerprint density at radius 1 is 1.42 bits per heavy atom. The molecular formula is C15H21NO3. The maximum Gasteiger partial charge on any atom is 0.302 e. The highest BCUT2D eigenvalue weighted by Gasteiger charge is 2.41. The van der Waals surface area contributed by atoms with Gasteiger partial charge in [-0.1, -0.05) is 25.3 Å². The molecule has 2 rings (SSSR count). The number of aliphatic hydroxyl groups is 1. The molecular weight excluding hydrogens is 242 g/mol. The third kappa shape index (κ3) is 3.32. The van der Waals surface area contributed by atoms with Crippen molar-refractivity contribution in [2.75, 3.05) is 6.61 Å². The van der Waals surface area contributed by atoms with E-state index >= 15 is 0 Å². The molecule has 1 N–H and O–H groups in total. The molecule has 0 aromatic carbocycles. The molecule has 1 fully saturated rings. The van der Waals surface area contributed by atoms with Crippen LogP contribution in [0.4, 0.5) is 0 Å². The molecule has 1 aliphatic carbocycles. The maximum absolute atomic E-state index is 11.1. The van der Waals surface area contributed by atoms with Gasteiger partial charge in [-0.15, -0.1) is 0 Å². The zero-order valence-corrected chi connectivity index (χ0v) is 11.3. The lowest BCUT2D eigenvalue weighted by Gasteiger charge is -2.37. The minimum Gasteiger partial charge on any atom is -0.462 e. The van der Waals surface area contributed by atoms with Crippen LogP contribution < -0.4 is 0 Å². The van der Waals surface area contributed by atoms with Crippen molar-refractivity contribution in [3.8, 4) is 0 Å². The Bertz CT molecular complexity index is 415. The fraction of sp³-hybridized carbons (Fsp3) is 0.600. The predicted octanol–water partition coefficient (Wildman–Crippen LogP) is 2.41. The number of hydrogen-bond acceptors (Lipinski definition) is 4. The Hall–Kier alpha value is -1.42. The third-order valence-corrected chi connectivity index (χ3v) is 3.88. The molecule has 0 spiro atoms. The first-order valence-corrected chi connectivity index (χ1v) is 6.90. The van der Waals surface area contributed by atoms with Gasteiger partial charge in [0.2, 0.25) is 0 Å². The summed E-state index contributed by atoms with van der Waals surface area (Å²) in [6.07, 6.45) is 7.00. The topological polar surface area (TPSA) is 59.4 Å². The zero-order chi connectivity index (χ0) is 13.7. The standard InChI is InChI=1S/C15H21NO3/c1-12(17)19-11-15(18,13-7-3-2-4-8-13)14-9-5-6-10-16-14/h5-6,9-10,13,18H,2-4,7-8,11H2,1H3. The van der Waals surface area contributed by atoms with Crippen molar-refractivity contribution in [3.05, 3.63) is 30.1 Å². The van der Waals surface area contributed by atoms with Crippen molar-refractivity contribution in [2.45, 2.75) is 44.6 Å². The van der Waals surface area contributed by atoms with Gasteiger partial charge < -0.3 is 9.84 Å². The molecule has 1 heterocycles. The van der Waals surface area contributed by atoms with E-state index in [1.807, 2.05) is 12.1 Å². The van der Waals surface area contributed by atoms with E-state index in [1.165, 1.54) is 13.3 Å². The molecule has 0 saturated heterocycles. The van der Waals surface area contributed by atoms with E-state index in [2.05, 4.69) is 4.98 Å². The second-order valence-electron chi connectivity index (χ2n) is 5.25. The van der Waals surface area contributed by atoms with Crippen LogP contribution in [0.5, 0.6) is 0 Å². The van der Waals surface area contributed by atoms with Crippen molar-refractivity contribution in [2.24, 2.45) is 5.92 Å². The first-order chi connectivity index (χ1) is 9.13.